The summed E-state index contributed by atoms with van der Waals surface area (Å²) in [5.74, 6) is 0.525. The predicted octanol–water partition coefficient (Wildman–Crippen LogP) is 0.646. The Kier molecular flexibility index (Phi) is 3.98. The minimum absolute atomic E-state index is 0.314. The van der Waals surface area contributed by atoms with E-state index in [1.807, 2.05) is 0 Å². The Labute approximate surface area is 74.4 Å². The van der Waals surface area contributed by atoms with Gasteiger partial charge in [-0.25, -0.2) is 0 Å². The van der Waals surface area contributed by atoms with Crippen LogP contribution in [-0.4, -0.2) is 39.0 Å². The number of hydrogen-bond donors (Lipinski definition) is 1. The van der Waals surface area contributed by atoms with Crippen LogP contribution < -0.4 is 5.32 Å². The minimum atomic E-state index is 0.314. The third kappa shape index (κ3) is 2.73. The first-order valence-electron chi connectivity index (χ1n) is 4.59. The normalized spacial score (nSPS) is 30.0. The van der Waals surface area contributed by atoms with Crippen LogP contribution in [0.15, 0.2) is 0 Å². The average Bonchev–Trinajstić information content (AvgIpc) is 2.37. The maximum absolute atomic E-state index is 5.73. The molecule has 0 amide bonds. The lowest BCUT2D eigenvalue weighted by atomic mass is 10.1. The quantitative estimate of drug-likeness (QED) is 0.677. The maximum Gasteiger partial charge on any atom is 0.0765 e. The molecule has 1 heterocycles. The van der Waals surface area contributed by atoms with E-state index in [0.29, 0.717) is 18.1 Å². The van der Waals surface area contributed by atoms with Crippen LogP contribution in [0.2, 0.25) is 0 Å². The summed E-state index contributed by atoms with van der Waals surface area (Å²) in [6, 6.07) is 0. The Morgan fingerprint density at radius 3 is 2.75 bits per heavy atom. The highest BCUT2D eigenvalue weighted by Crippen LogP contribution is 2.14. The van der Waals surface area contributed by atoms with Gasteiger partial charge in [0, 0.05) is 26.1 Å². The Morgan fingerprint density at radius 1 is 1.42 bits per heavy atom. The van der Waals surface area contributed by atoms with Crippen molar-refractivity contribution in [2.45, 2.75) is 26.1 Å². The van der Waals surface area contributed by atoms with Crippen molar-refractivity contribution in [3.63, 3.8) is 0 Å². The third-order valence-electron chi connectivity index (χ3n) is 2.11. The van der Waals surface area contributed by atoms with Gasteiger partial charge in [0.05, 0.1) is 18.8 Å². The number of methoxy groups -OCH3 is 1. The van der Waals surface area contributed by atoms with Crippen LogP contribution in [0.1, 0.15) is 13.8 Å². The van der Waals surface area contributed by atoms with Crippen molar-refractivity contribution < 1.29 is 9.47 Å². The number of ether oxygens (including phenoxy) is 2. The molecular formula is C9H19NO2. The molecule has 0 spiro atoms. The molecule has 1 rings (SSSR count). The monoisotopic (exact) mass is 173 g/mol. The summed E-state index contributed by atoms with van der Waals surface area (Å²) in [7, 11) is 1.74. The summed E-state index contributed by atoms with van der Waals surface area (Å²) in [4.78, 5) is 0. The highest BCUT2D eigenvalue weighted by molar-refractivity contribution is 4.82. The molecule has 0 aliphatic carbocycles. The minimum Gasteiger partial charge on any atom is -0.384 e. The van der Waals surface area contributed by atoms with Crippen LogP contribution in [0.4, 0.5) is 0 Å². The molecule has 1 N–H and O–H groups in total. The Balaban J connectivity index is 2.30. The van der Waals surface area contributed by atoms with E-state index in [0.717, 1.165) is 19.7 Å². The second kappa shape index (κ2) is 4.80. The largest absolute Gasteiger partial charge is 0.384 e. The van der Waals surface area contributed by atoms with E-state index < -0.39 is 0 Å². The molecule has 0 aromatic rings. The molecule has 1 aliphatic rings. The summed E-state index contributed by atoms with van der Waals surface area (Å²) in [6.45, 7) is 6.92. The summed E-state index contributed by atoms with van der Waals surface area (Å²) in [6.07, 6.45) is 0.652. The second-order valence-electron chi connectivity index (χ2n) is 3.60. The molecule has 12 heavy (non-hydrogen) atoms. The molecule has 1 saturated heterocycles. The van der Waals surface area contributed by atoms with Crippen molar-refractivity contribution >= 4 is 0 Å². The van der Waals surface area contributed by atoms with Crippen LogP contribution in [0.25, 0.3) is 0 Å². The Bertz CT molecular complexity index is 128. The fourth-order valence-corrected chi connectivity index (χ4v) is 1.60. The Hall–Kier alpha value is -0.120. The van der Waals surface area contributed by atoms with E-state index in [4.69, 9.17) is 9.47 Å². The topological polar surface area (TPSA) is 30.5 Å². The standard InChI is InChI=1S/C9H19NO2/c1-7(2)12-9-5-10-4-8(9)6-11-3/h7-10H,4-6H2,1-3H3. The summed E-state index contributed by atoms with van der Waals surface area (Å²) in [5.41, 5.74) is 0. The SMILES string of the molecule is COCC1CNCC1OC(C)C. The van der Waals surface area contributed by atoms with Gasteiger partial charge in [-0.15, -0.1) is 0 Å². The third-order valence-corrected chi connectivity index (χ3v) is 2.11. The molecule has 1 aliphatic heterocycles. The lowest BCUT2D eigenvalue weighted by molar-refractivity contribution is -0.0217. The average molecular weight is 173 g/mol. The molecule has 3 nitrogen and oxygen atoms in total. The number of nitrogens with one attached hydrogen (secondary N) is 1. The lowest BCUT2D eigenvalue weighted by Crippen LogP contribution is -2.28. The van der Waals surface area contributed by atoms with E-state index in [2.05, 4.69) is 19.2 Å². The molecule has 72 valence electrons. The van der Waals surface area contributed by atoms with Crippen LogP contribution in [0.3, 0.4) is 0 Å². The van der Waals surface area contributed by atoms with Crippen LogP contribution in [-0.2, 0) is 9.47 Å². The first-order valence-corrected chi connectivity index (χ1v) is 4.59. The predicted molar refractivity (Wildman–Crippen MR) is 48.2 cm³/mol. The first-order chi connectivity index (χ1) is 5.74. The molecule has 0 saturated carbocycles. The fourth-order valence-electron chi connectivity index (χ4n) is 1.60. The van der Waals surface area contributed by atoms with Crippen molar-refractivity contribution in [3.8, 4) is 0 Å². The molecule has 0 aromatic carbocycles. The molecule has 2 atom stereocenters. The Morgan fingerprint density at radius 2 is 2.17 bits per heavy atom. The van der Waals surface area contributed by atoms with Gasteiger partial charge >= 0.3 is 0 Å². The van der Waals surface area contributed by atoms with Crippen molar-refractivity contribution in [1.29, 1.82) is 0 Å². The smallest absolute Gasteiger partial charge is 0.0765 e. The molecule has 2 unspecified atom stereocenters. The van der Waals surface area contributed by atoms with E-state index in [1.54, 1.807) is 7.11 Å². The van der Waals surface area contributed by atoms with Crippen molar-refractivity contribution in [2.75, 3.05) is 26.8 Å². The molecule has 0 bridgehead atoms. The van der Waals surface area contributed by atoms with Gasteiger partial charge in [-0.05, 0) is 13.8 Å². The van der Waals surface area contributed by atoms with E-state index in [9.17, 15) is 0 Å². The first kappa shape index (κ1) is 9.96. The van der Waals surface area contributed by atoms with Gasteiger partial charge in [0.15, 0.2) is 0 Å². The maximum atomic E-state index is 5.73. The van der Waals surface area contributed by atoms with Crippen molar-refractivity contribution in [3.05, 3.63) is 0 Å². The van der Waals surface area contributed by atoms with Crippen LogP contribution in [0, 0.1) is 5.92 Å². The van der Waals surface area contributed by atoms with Crippen molar-refractivity contribution in [2.24, 2.45) is 5.92 Å². The van der Waals surface area contributed by atoms with E-state index >= 15 is 0 Å². The summed E-state index contributed by atoms with van der Waals surface area (Å²) >= 11 is 0. The molecule has 0 aromatic heterocycles. The van der Waals surface area contributed by atoms with Gasteiger partial charge in [-0.1, -0.05) is 0 Å². The lowest BCUT2D eigenvalue weighted by Gasteiger charge is -2.20. The van der Waals surface area contributed by atoms with E-state index in [1.165, 1.54) is 0 Å². The number of hydrogen-bond acceptors (Lipinski definition) is 3. The zero-order chi connectivity index (χ0) is 8.97. The highest BCUT2D eigenvalue weighted by atomic mass is 16.5. The number of rotatable bonds is 4. The molecule has 1 fully saturated rings. The zero-order valence-corrected chi connectivity index (χ0v) is 8.17. The van der Waals surface area contributed by atoms with Gasteiger partial charge in [0.2, 0.25) is 0 Å². The van der Waals surface area contributed by atoms with Gasteiger partial charge in [-0.2, -0.15) is 0 Å². The molecule has 0 radical (unpaired) electrons. The van der Waals surface area contributed by atoms with E-state index in [-0.39, 0.29) is 0 Å². The fraction of sp³-hybridized carbons (Fsp3) is 1.00. The highest BCUT2D eigenvalue weighted by Gasteiger charge is 2.28. The summed E-state index contributed by atoms with van der Waals surface area (Å²) in [5, 5.41) is 3.31. The van der Waals surface area contributed by atoms with Crippen LogP contribution in [0.5, 0.6) is 0 Å². The zero-order valence-electron chi connectivity index (χ0n) is 8.17. The van der Waals surface area contributed by atoms with Gasteiger partial charge < -0.3 is 14.8 Å². The van der Waals surface area contributed by atoms with Gasteiger partial charge in [0.25, 0.3) is 0 Å². The van der Waals surface area contributed by atoms with Crippen molar-refractivity contribution in [1.82, 2.24) is 5.32 Å². The summed E-state index contributed by atoms with van der Waals surface area (Å²) < 4.78 is 10.9. The van der Waals surface area contributed by atoms with Crippen LogP contribution >= 0.6 is 0 Å². The van der Waals surface area contributed by atoms with Gasteiger partial charge in [0.1, 0.15) is 0 Å². The van der Waals surface area contributed by atoms with Gasteiger partial charge in [-0.3, -0.25) is 0 Å². The molecule has 3 heteroatoms. The second-order valence-corrected chi connectivity index (χ2v) is 3.60. The molecular weight excluding hydrogens is 154 g/mol.